The van der Waals surface area contributed by atoms with Crippen LogP contribution in [0, 0.1) is 17.7 Å². The van der Waals surface area contributed by atoms with Crippen LogP contribution in [0.1, 0.15) is 41.0 Å². The van der Waals surface area contributed by atoms with Gasteiger partial charge in [-0.1, -0.05) is 66.4 Å². The highest BCUT2D eigenvalue weighted by atomic mass is 19.1. The summed E-state index contributed by atoms with van der Waals surface area (Å²) in [6, 6.07) is 20.8. The normalized spacial score (nSPS) is 11.7. The van der Waals surface area contributed by atoms with Gasteiger partial charge in [0, 0.05) is 30.9 Å². The second-order valence-electron chi connectivity index (χ2n) is 8.00. The molecule has 1 aliphatic carbocycles. The highest BCUT2D eigenvalue weighted by molar-refractivity contribution is 5.79. The van der Waals surface area contributed by atoms with Gasteiger partial charge in [-0.15, -0.1) is 0 Å². The Labute approximate surface area is 197 Å². The minimum atomic E-state index is -0.966. The molecule has 2 N–H and O–H groups in total. The number of ether oxygens (including phenoxy) is 1. The first-order valence-corrected chi connectivity index (χ1v) is 11.1. The zero-order valence-electron chi connectivity index (χ0n) is 18.5. The summed E-state index contributed by atoms with van der Waals surface area (Å²) in [6.45, 7) is 0.557. The van der Waals surface area contributed by atoms with Crippen molar-refractivity contribution in [3.05, 3.63) is 94.8 Å². The molecule has 0 saturated carbocycles. The lowest BCUT2D eigenvalue weighted by Gasteiger charge is -2.14. The number of alkyl carbamates (subject to hydrolysis) is 1. The molecule has 172 valence electrons. The Kier molecular flexibility index (Phi) is 7.24. The van der Waals surface area contributed by atoms with Crippen molar-refractivity contribution in [1.82, 2.24) is 5.32 Å². The van der Waals surface area contributed by atoms with Crippen molar-refractivity contribution in [3.8, 4) is 23.0 Å². The van der Waals surface area contributed by atoms with Crippen molar-refractivity contribution in [2.75, 3.05) is 13.2 Å². The molecule has 34 heavy (non-hydrogen) atoms. The Balaban J connectivity index is 1.24. The summed E-state index contributed by atoms with van der Waals surface area (Å²) in [5.41, 5.74) is 5.51. The van der Waals surface area contributed by atoms with E-state index in [4.69, 9.17) is 9.84 Å². The van der Waals surface area contributed by atoms with E-state index in [1.807, 2.05) is 24.3 Å². The number of hydrogen-bond acceptors (Lipinski definition) is 3. The Morgan fingerprint density at radius 2 is 1.68 bits per heavy atom. The van der Waals surface area contributed by atoms with E-state index >= 15 is 0 Å². The maximum atomic E-state index is 14.0. The van der Waals surface area contributed by atoms with E-state index in [0.717, 1.165) is 11.1 Å². The van der Waals surface area contributed by atoms with Crippen LogP contribution in [0.25, 0.3) is 11.1 Å². The van der Waals surface area contributed by atoms with Gasteiger partial charge < -0.3 is 15.2 Å². The first kappa shape index (κ1) is 23.1. The second kappa shape index (κ2) is 10.7. The topological polar surface area (TPSA) is 75.6 Å². The predicted octanol–water partition coefficient (Wildman–Crippen LogP) is 5.12. The van der Waals surface area contributed by atoms with Crippen LogP contribution in [0.15, 0.2) is 66.7 Å². The van der Waals surface area contributed by atoms with E-state index in [9.17, 15) is 14.0 Å². The summed E-state index contributed by atoms with van der Waals surface area (Å²) in [7, 11) is 0. The number of hydrogen-bond donors (Lipinski definition) is 2. The summed E-state index contributed by atoms with van der Waals surface area (Å²) < 4.78 is 19.5. The van der Waals surface area contributed by atoms with Crippen LogP contribution in [0.4, 0.5) is 9.18 Å². The molecule has 1 amide bonds. The van der Waals surface area contributed by atoms with E-state index in [1.165, 1.54) is 17.2 Å². The minimum Gasteiger partial charge on any atom is -0.481 e. The largest absolute Gasteiger partial charge is 0.481 e. The summed E-state index contributed by atoms with van der Waals surface area (Å²) >= 11 is 0. The molecule has 1 aliphatic rings. The molecular formula is C28H24FNO4. The monoisotopic (exact) mass is 457 g/mol. The van der Waals surface area contributed by atoms with Gasteiger partial charge in [0.05, 0.1) is 0 Å². The maximum absolute atomic E-state index is 14.0. The highest BCUT2D eigenvalue weighted by Gasteiger charge is 2.28. The molecule has 3 aromatic carbocycles. The smallest absolute Gasteiger partial charge is 0.407 e. The second-order valence-corrected chi connectivity index (χ2v) is 8.00. The third-order valence-electron chi connectivity index (χ3n) is 5.76. The standard InChI is InChI=1S/C28H24FNO4/c29-26-17-19(12-13-20(26)14-15-27(31)32)7-5-6-16-30-28(33)34-18-25-23-10-3-1-8-21(23)22-9-2-4-11-24(22)25/h1-4,8-13,17,25H,6,14-16,18H2,(H,30,33)(H,31,32). The molecule has 5 nitrogen and oxygen atoms in total. The lowest BCUT2D eigenvalue weighted by Crippen LogP contribution is -2.26. The first-order valence-electron chi connectivity index (χ1n) is 11.1. The summed E-state index contributed by atoms with van der Waals surface area (Å²) in [5.74, 6) is 4.32. The van der Waals surface area contributed by atoms with Crippen molar-refractivity contribution < 1.29 is 23.8 Å². The van der Waals surface area contributed by atoms with Gasteiger partial charge in [0.25, 0.3) is 0 Å². The van der Waals surface area contributed by atoms with Gasteiger partial charge in [-0.2, -0.15) is 0 Å². The predicted molar refractivity (Wildman–Crippen MR) is 127 cm³/mol. The molecule has 0 bridgehead atoms. The van der Waals surface area contributed by atoms with Gasteiger partial charge in [0.1, 0.15) is 12.4 Å². The highest BCUT2D eigenvalue weighted by Crippen LogP contribution is 2.44. The molecule has 0 fully saturated rings. The number of fused-ring (bicyclic) bond motifs is 3. The molecular weight excluding hydrogens is 433 g/mol. The Hall–Kier alpha value is -4.11. The fraction of sp³-hybridized carbons (Fsp3) is 0.214. The zero-order chi connectivity index (χ0) is 23.9. The molecule has 0 aromatic heterocycles. The average Bonchev–Trinajstić information content (AvgIpc) is 3.15. The Morgan fingerprint density at radius 1 is 1.00 bits per heavy atom. The van der Waals surface area contributed by atoms with E-state index in [1.54, 1.807) is 12.1 Å². The third kappa shape index (κ3) is 5.44. The fourth-order valence-corrected chi connectivity index (χ4v) is 4.11. The van der Waals surface area contributed by atoms with Crippen LogP contribution in [0.5, 0.6) is 0 Å². The number of rotatable bonds is 7. The van der Waals surface area contributed by atoms with Gasteiger partial charge in [0.2, 0.25) is 0 Å². The number of carboxylic acid groups (broad SMARTS) is 1. The van der Waals surface area contributed by atoms with Gasteiger partial charge in [-0.05, 0) is 46.4 Å². The van der Waals surface area contributed by atoms with Gasteiger partial charge in [0.15, 0.2) is 0 Å². The van der Waals surface area contributed by atoms with Crippen molar-refractivity contribution in [1.29, 1.82) is 0 Å². The Morgan fingerprint density at radius 3 is 2.32 bits per heavy atom. The van der Waals surface area contributed by atoms with Crippen LogP contribution < -0.4 is 5.32 Å². The van der Waals surface area contributed by atoms with Crippen molar-refractivity contribution >= 4 is 12.1 Å². The number of aliphatic carboxylic acids is 1. The lowest BCUT2D eigenvalue weighted by molar-refractivity contribution is -0.136. The Bertz CT molecular complexity index is 1230. The number of carboxylic acids is 1. The lowest BCUT2D eigenvalue weighted by atomic mass is 9.98. The van der Waals surface area contributed by atoms with Crippen molar-refractivity contribution in [2.24, 2.45) is 0 Å². The molecule has 0 spiro atoms. The quantitative estimate of drug-likeness (QED) is 0.381. The molecule has 4 rings (SSSR count). The molecule has 6 heteroatoms. The molecule has 0 aliphatic heterocycles. The van der Waals surface area contributed by atoms with Crippen LogP contribution in [0.2, 0.25) is 0 Å². The summed E-state index contributed by atoms with van der Waals surface area (Å²) in [5, 5.41) is 11.4. The number of nitrogens with one attached hydrogen (secondary N) is 1. The molecule has 0 unspecified atom stereocenters. The van der Waals surface area contributed by atoms with Crippen LogP contribution in [-0.4, -0.2) is 30.3 Å². The van der Waals surface area contributed by atoms with Crippen molar-refractivity contribution in [2.45, 2.75) is 25.2 Å². The molecule has 0 saturated heterocycles. The van der Waals surface area contributed by atoms with Crippen LogP contribution >= 0.6 is 0 Å². The average molecular weight is 458 g/mol. The van der Waals surface area contributed by atoms with E-state index < -0.39 is 17.9 Å². The minimum absolute atomic E-state index is 0.00584. The van der Waals surface area contributed by atoms with Gasteiger partial charge in [-0.25, -0.2) is 9.18 Å². The van der Waals surface area contributed by atoms with E-state index in [2.05, 4.69) is 41.4 Å². The molecule has 0 atom stereocenters. The van der Waals surface area contributed by atoms with Gasteiger partial charge in [-0.3, -0.25) is 4.79 Å². The summed E-state index contributed by atoms with van der Waals surface area (Å²) in [4.78, 5) is 22.8. The van der Waals surface area contributed by atoms with Crippen LogP contribution in [-0.2, 0) is 16.0 Å². The number of carbonyl (C=O) groups is 2. The third-order valence-corrected chi connectivity index (χ3v) is 5.76. The van der Waals surface area contributed by atoms with Crippen LogP contribution in [0.3, 0.4) is 0 Å². The first-order chi connectivity index (χ1) is 16.5. The zero-order valence-corrected chi connectivity index (χ0v) is 18.5. The number of carbonyl (C=O) groups excluding carboxylic acids is 1. The van der Waals surface area contributed by atoms with Gasteiger partial charge >= 0.3 is 12.1 Å². The number of aryl methyl sites for hydroxylation is 1. The summed E-state index contributed by atoms with van der Waals surface area (Å²) in [6.07, 6.45) is -0.105. The molecule has 0 radical (unpaired) electrons. The van der Waals surface area contributed by atoms with Crippen molar-refractivity contribution in [3.63, 3.8) is 0 Å². The van der Waals surface area contributed by atoms with E-state index in [0.29, 0.717) is 24.1 Å². The number of amides is 1. The fourth-order valence-electron chi connectivity index (χ4n) is 4.11. The SMILES string of the molecule is O=C(O)CCc1ccc(C#CCCNC(=O)OCC2c3ccccc3-c3ccccc32)cc1F. The molecule has 0 heterocycles. The number of benzene rings is 3. The number of halogens is 1. The maximum Gasteiger partial charge on any atom is 0.407 e. The molecule has 3 aromatic rings. The van der Waals surface area contributed by atoms with E-state index in [-0.39, 0.29) is 25.4 Å².